The predicted molar refractivity (Wildman–Crippen MR) is 226 cm³/mol. The van der Waals surface area contributed by atoms with Crippen molar-refractivity contribution < 1.29 is 46.1 Å². The van der Waals surface area contributed by atoms with E-state index in [2.05, 4.69) is 180 Å². The van der Waals surface area contributed by atoms with Gasteiger partial charge in [-0.25, -0.2) is 0 Å². The summed E-state index contributed by atoms with van der Waals surface area (Å²) in [4.78, 5) is 0. The van der Waals surface area contributed by atoms with Gasteiger partial charge >= 0.3 is 330 Å². The zero-order valence-electron chi connectivity index (χ0n) is 35.0. The van der Waals surface area contributed by atoms with Crippen LogP contribution in [0.5, 0.6) is 0 Å². The SMILES string of the molecule is CC1=CC[C]([Zr+2](=[C](c2ccccc2)c2ccccc2)[C]2(C)c3c4c(c5ccccc5c3C(C)C(C)C2C)-c2cc(C)c(C)c(C)c2C4C)=C1C(C)(C)C.[Cl-].[Cl-]. The Morgan fingerprint density at radius 3 is 1.80 bits per heavy atom. The fourth-order valence-electron chi connectivity index (χ4n) is 11.4. The monoisotopic (exact) mass is 842 g/mol. The van der Waals surface area contributed by atoms with E-state index in [0.29, 0.717) is 23.7 Å². The zero-order chi connectivity index (χ0) is 37.7. The van der Waals surface area contributed by atoms with Gasteiger partial charge in [0.05, 0.1) is 0 Å². The van der Waals surface area contributed by atoms with Crippen LogP contribution in [0.15, 0.2) is 111 Å². The molecule has 0 N–H and O–H groups in total. The molecule has 5 atom stereocenters. The molecule has 0 aliphatic heterocycles. The van der Waals surface area contributed by atoms with E-state index in [4.69, 9.17) is 0 Å². The largest absolute Gasteiger partial charge is 1.00 e. The van der Waals surface area contributed by atoms with Gasteiger partial charge in [-0.15, -0.1) is 0 Å². The number of allylic oxidation sites excluding steroid dienone is 4. The second kappa shape index (κ2) is 15.2. The Morgan fingerprint density at radius 2 is 1.24 bits per heavy atom. The number of fused-ring (bicyclic) bond motifs is 8. The van der Waals surface area contributed by atoms with E-state index >= 15 is 0 Å². The number of aryl methyl sites for hydroxylation is 1. The average molecular weight is 845 g/mol. The molecule has 0 saturated heterocycles. The van der Waals surface area contributed by atoms with Gasteiger partial charge in [0.2, 0.25) is 0 Å². The third-order valence-corrected chi connectivity index (χ3v) is 23.9. The van der Waals surface area contributed by atoms with Crippen LogP contribution >= 0.6 is 0 Å². The van der Waals surface area contributed by atoms with Gasteiger partial charge in [0.1, 0.15) is 0 Å². The first-order valence-electron chi connectivity index (χ1n) is 20.2. The van der Waals surface area contributed by atoms with E-state index in [1.165, 1.54) is 55.3 Å². The van der Waals surface area contributed by atoms with Gasteiger partial charge in [-0.1, -0.05) is 0 Å². The Hall–Kier alpha value is -2.83. The molecule has 5 aromatic rings. The molecular formula is C52H58Cl2Zr. The Labute approximate surface area is 351 Å². The van der Waals surface area contributed by atoms with Crippen LogP contribution in [0.1, 0.15) is 131 Å². The van der Waals surface area contributed by atoms with Crippen molar-refractivity contribution >= 4 is 14.0 Å². The van der Waals surface area contributed by atoms with Crippen LogP contribution in [-0.4, -0.2) is 3.21 Å². The minimum atomic E-state index is -3.09. The molecule has 55 heavy (non-hydrogen) atoms. The minimum Gasteiger partial charge on any atom is -1.00 e. The number of rotatable bonds is 4. The smallest absolute Gasteiger partial charge is 1.00 e. The molecule has 0 spiro atoms. The predicted octanol–water partition coefficient (Wildman–Crippen LogP) is 8.05. The van der Waals surface area contributed by atoms with Crippen molar-refractivity contribution in [2.24, 2.45) is 17.3 Å². The Kier molecular flexibility index (Phi) is 11.5. The van der Waals surface area contributed by atoms with E-state index in [0.717, 1.165) is 6.42 Å². The minimum absolute atomic E-state index is 0. The number of benzene rings is 5. The summed E-state index contributed by atoms with van der Waals surface area (Å²) in [5, 5.41) is 2.95. The van der Waals surface area contributed by atoms with E-state index in [1.54, 1.807) is 31.0 Å². The van der Waals surface area contributed by atoms with Crippen LogP contribution in [0.25, 0.3) is 21.9 Å². The quantitative estimate of drug-likeness (QED) is 0.172. The van der Waals surface area contributed by atoms with E-state index in [-0.39, 0.29) is 33.4 Å². The molecule has 0 fully saturated rings. The summed E-state index contributed by atoms with van der Waals surface area (Å²) in [6, 6.07) is 35.3. The molecule has 0 aromatic heterocycles. The molecule has 0 nitrogen and oxygen atoms in total. The van der Waals surface area contributed by atoms with Crippen molar-refractivity contribution in [3.05, 3.63) is 162 Å². The Balaban J connectivity index is 0.00000257. The van der Waals surface area contributed by atoms with Crippen LogP contribution in [0.4, 0.5) is 0 Å². The van der Waals surface area contributed by atoms with E-state index in [1.807, 2.05) is 3.28 Å². The maximum atomic E-state index is 2.80. The third-order valence-electron chi connectivity index (χ3n) is 14.4. The Morgan fingerprint density at radius 1 is 0.691 bits per heavy atom. The van der Waals surface area contributed by atoms with Crippen molar-refractivity contribution in [2.75, 3.05) is 0 Å². The summed E-state index contributed by atoms with van der Waals surface area (Å²) in [5.74, 6) is 1.84. The van der Waals surface area contributed by atoms with Gasteiger partial charge in [0.25, 0.3) is 0 Å². The van der Waals surface area contributed by atoms with Crippen molar-refractivity contribution in [1.29, 1.82) is 0 Å². The molecule has 0 heterocycles. The van der Waals surface area contributed by atoms with Crippen LogP contribution in [0.3, 0.4) is 0 Å². The van der Waals surface area contributed by atoms with Crippen LogP contribution < -0.4 is 24.8 Å². The number of hydrogen-bond donors (Lipinski definition) is 0. The first-order chi connectivity index (χ1) is 25.2. The molecule has 5 unspecified atom stereocenters. The molecule has 0 radical (unpaired) electrons. The van der Waals surface area contributed by atoms with Gasteiger partial charge in [-0.05, 0) is 0 Å². The topological polar surface area (TPSA) is 0 Å². The molecule has 3 heteroatoms. The van der Waals surface area contributed by atoms with Crippen LogP contribution in [-0.2, 0) is 24.4 Å². The molecule has 8 rings (SSSR count). The molecule has 3 aliphatic rings. The van der Waals surface area contributed by atoms with Crippen LogP contribution in [0, 0.1) is 38.0 Å². The van der Waals surface area contributed by atoms with E-state index < -0.39 is 21.3 Å². The summed E-state index contributed by atoms with van der Waals surface area (Å²) >= 11 is -3.09. The van der Waals surface area contributed by atoms with Gasteiger partial charge in [-0.2, -0.15) is 0 Å². The number of hydrogen-bond acceptors (Lipinski definition) is 0. The molecule has 3 aliphatic carbocycles. The van der Waals surface area contributed by atoms with Crippen molar-refractivity contribution in [1.82, 2.24) is 0 Å². The molecular weight excluding hydrogens is 787 g/mol. The van der Waals surface area contributed by atoms with Crippen LogP contribution in [0.2, 0.25) is 0 Å². The molecule has 0 bridgehead atoms. The summed E-state index contributed by atoms with van der Waals surface area (Å²) in [6.45, 7) is 30.1. The average Bonchev–Trinajstić information content (AvgIpc) is 3.68. The summed E-state index contributed by atoms with van der Waals surface area (Å²) in [7, 11) is 0. The molecule has 284 valence electrons. The molecule has 0 amide bonds. The second-order valence-electron chi connectivity index (χ2n) is 18.1. The van der Waals surface area contributed by atoms with Gasteiger partial charge in [0, 0.05) is 0 Å². The van der Waals surface area contributed by atoms with Gasteiger partial charge in [-0.3, -0.25) is 0 Å². The zero-order valence-corrected chi connectivity index (χ0v) is 39.0. The summed E-state index contributed by atoms with van der Waals surface area (Å²) in [5.41, 5.74) is 20.0. The van der Waals surface area contributed by atoms with Gasteiger partial charge < -0.3 is 24.8 Å². The normalized spacial score (nSPS) is 22.5. The van der Waals surface area contributed by atoms with Crippen molar-refractivity contribution in [2.45, 2.75) is 104 Å². The summed E-state index contributed by atoms with van der Waals surface area (Å²) in [6.07, 6.45) is 3.67. The van der Waals surface area contributed by atoms with E-state index in [9.17, 15) is 0 Å². The third kappa shape index (κ3) is 6.21. The second-order valence-corrected chi connectivity index (χ2v) is 25.2. The first kappa shape index (κ1) is 41.8. The maximum Gasteiger partial charge on any atom is -1.00 e. The number of halogens is 2. The fourth-order valence-corrected chi connectivity index (χ4v) is 23.0. The molecule has 0 saturated carbocycles. The van der Waals surface area contributed by atoms with Crippen molar-refractivity contribution in [3.63, 3.8) is 0 Å². The maximum absolute atomic E-state index is 3.09. The van der Waals surface area contributed by atoms with Crippen molar-refractivity contribution in [3.8, 4) is 11.1 Å². The molecule has 5 aromatic carbocycles. The first-order valence-corrected chi connectivity index (χ1v) is 23.8. The standard InChI is InChI=1S/C29H33.C13H10.C10H15.2ClH.Zr/c1-14-13-24-25(18(5)15(14)2)21(8)28-27-20(7)17(4)16(3)19(6)26(27)22-11-9-10-12-23(22)29(24)28;1-3-7-12(8-4-1)11-13-9-5-2-6-10-13;1-8-6-5-7-9(8)10(2,3)4;;;/h9-13,16-17,19,21H,1-8H3;1-10H;6H,5H2,1-4H3;2*1H;/q;;;;;+2/p-2. The fraction of sp³-hybridized carbons (Fsp3) is 0.365. The summed E-state index contributed by atoms with van der Waals surface area (Å²) < 4.78 is 3.47. The van der Waals surface area contributed by atoms with Gasteiger partial charge in [0.15, 0.2) is 0 Å². The Bertz CT molecular complexity index is 2360.